The second-order valence-electron chi connectivity index (χ2n) is 3.93. The van der Waals surface area contributed by atoms with Crippen LogP contribution in [0.5, 0.6) is 0 Å². The fourth-order valence-corrected chi connectivity index (χ4v) is 1.25. The number of carboxylic acids is 1. The monoisotopic (exact) mass is 225 g/mol. The van der Waals surface area contributed by atoms with Gasteiger partial charge in [-0.1, -0.05) is 5.92 Å². The van der Waals surface area contributed by atoms with E-state index in [0.29, 0.717) is 6.42 Å². The van der Waals surface area contributed by atoms with E-state index in [-0.39, 0.29) is 31.1 Å². The molecule has 1 aliphatic rings. The van der Waals surface area contributed by atoms with E-state index in [2.05, 4.69) is 16.8 Å². The van der Waals surface area contributed by atoms with Gasteiger partial charge in [-0.15, -0.1) is 6.42 Å². The van der Waals surface area contributed by atoms with Crippen molar-refractivity contribution in [1.82, 2.24) is 15.8 Å². The van der Waals surface area contributed by atoms with Crippen molar-refractivity contribution < 1.29 is 14.7 Å². The summed E-state index contributed by atoms with van der Waals surface area (Å²) in [6.45, 7) is 1.60. The highest BCUT2D eigenvalue weighted by atomic mass is 16.4. The van der Waals surface area contributed by atoms with E-state index in [1.54, 1.807) is 0 Å². The van der Waals surface area contributed by atoms with Crippen LogP contribution in [-0.2, 0) is 9.59 Å². The lowest BCUT2D eigenvalue weighted by molar-refractivity contribution is -0.144. The number of hydrazine groups is 1. The Morgan fingerprint density at radius 3 is 2.56 bits per heavy atom. The van der Waals surface area contributed by atoms with Gasteiger partial charge in [0.25, 0.3) is 0 Å². The molecule has 88 valence electrons. The molecule has 0 unspecified atom stereocenters. The van der Waals surface area contributed by atoms with Crippen molar-refractivity contribution in [1.29, 1.82) is 0 Å². The molecule has 1 amide bonds. The molecule has 0 aromatic heterocycles. The number of nitrogens with one attached hydrogen (secondary N) is 2. The SMILES string of the molecule is C#CCN(CC(=O)O)C(=O)CCC1(C)NN1. The Balaban J connectivity index is 2.40. The summed E-state index contributed by atoms with van der Waals surface area (Å²) in [6, 6.07) is 0. The molecular formula is C10H15N3O3. The third-order valence-electron chi connectivity index (χ3n) is 2.35. The van der Waals surface area contributed by atoms with Crippen LogP contribution in [0.2, 0.25) is 0 Å². The van der Waals surface area contributed by atoms with Gasteiger partial charge in [0.05, 0.1) is 12.2 Å². The third-order valence-corrected chi connectivity index (χ3v) is 2.35. The molecule has 0 bridgehead atoms. The molecule has 0 aromatic carbocycles. The van der Waals surface area contributed by atoms with Gasteiger partial charge in [0.15, 0.2) is 0 Å². The molecule has 1 aliphatic heterocycles. The van der Waals surface area contributed by atoms with Gasteiger partial charge in [-0.3, -0.25) is 9.59 Å². The van der Waals surface area contributed by atoms with E-state index in [1.807, 2.05) is 6.92 Å². The minimum atomic E-state index is -1.06. The fourth-order valence-electron chi connectivity index (χ4n) is 1.25. The summed E-state index contributed by atoms with van der Waals surface area (Å²) in [5.41, 5.74) is 5.61. The molecule has 6 heteroatoms. The van der Waals surface area contributed by atoms with Crippen LogP contribution in [0.25, 0.3) is 0 Å². The fraction of sp³-hybridized carbons (Fsp3) is 0.600. The Morgan fingerprint density at radius 1 is 1.50 bits per heavy atom. The van der Waals surface area contributed by atoms with Crippen molar-refractivity contribution in [3.05, 3.63) is 0 Å². The molecule has 0 aromatic rings. The van der Waals surface area contributed by atoms with E-state index >= 15 is 0 Å². The minimum Gasteiger partial charge on any atom is -0.480 e. The molecule has 0 atom stereocenters. The summed E-state index contributed by atoms with van der Waals surface area (Å²) in [6.07, 6.45) is 5.95. The van der Waals surface area contributed by atoms with Gasteiger partial charge in [-0.25, -0.2) is 10.9 Å². The van der Waals surface area contributed by atoms with Crippen LogP contribution in [0.1, 0.15) is 19.8 Å². The minimum absolute atomic E-state index is 0.0305. The van der Waals surface area contributed by atoms with E-state index < -0.39 is 5.97 Å². The van der Waals surface area contributed by atoms with Crippen molar-refractivity contribution in [2.75, 3.05) is 13.1 Å². The lowest BCUT2D eigenvalue weighted by atomic mass is 10.1. The number of rotatable bonds is 6. The van der Waals surface area contributed by atoms with Gasteiger partial charge in [-0.05, 0) is 13.3 Å². The molecule has 3 N–H and O–H groups in total. The number of amides is 1. The second kappa shape index (κ2) is 4.96. The first-order valence-corrected chi connectivity index (χ1v) is 4.94. The van der Waals surface area contributed by atoms with Gasteiger partial charge in [0.2, 0.25) is 5.91 Å². The molecule has 1 rings (SSSR count). The van der Waals surface area contributed by atoms with Crippen LogP contribution in [0.15, 0.2) is 0 Å². The molecule has 0 aliphatic carbocycles. The highest BCUT2D eigenvalue weighted by molar-refractivity contribution is 5.81. The van der Waals surface area contributed by atoms with Crippen molar-refractivity contribution in [2.45, 2.75) is 25.4 Å². The van der Waals surface area contributed by atoms with Crippen molar-refractivity contribution in [3.8, 4) is 12.3 Å². The predicted octanol–water partition coefficient (Wildman–Crippen LogP) is -0.863. The van der Waals surface area contributed by atoms with Crippen molar-refractivity contribution in [3.63, 3.8) is 0 Å². The van der Waals surface area contributed by atoms with Gasteiger partial charge < -0.3 is 10.0 Å². The number of hydrogen-bond acceptors (Lipinski definition) is 4. The highest BCUT2D eigenvalue weighted by Crippen LogP contribution is 2.16. The predicted molar refractivity (Wildman–Crippen MR) is 57.0 cm³/mol. The molecule has 0 radical (unpaired) electrons. The molecule has 1 saturated heterocycles. The Hall–Kier alpha value is -1.58. The molecule has 1 heterocycles. The zero-order valence-electron chi connectivity index (χ0n) is 9.12. The van der Waals surface area contributed by atoms with Crippen molar-refractivity contribution in [2.24, 2.45) is 0 Å². The lowest BCUT2D eigenvalue weighted by Gasteiger charge is -2.18. The summed E-state index contributed by atoms with van der Waals surface area (Å²) in [4.78, 5) is 23.3. The first-order valence-electron chi connectivity index (χ1n) is 4.94. The maximum Gasteiger partial charge on any atom is 0.323 e. The Labute approximate surface area is 94.0 Å². The van der Waals surface area contributed by atoms with Crippen LogP contribution in [0.4, 0.5) is 0 Å². The second-order valence-corrected chi connectivity index (χ2v) is 3.93. The van der Waals surface area contributed by atoms with Gasteiger partial charge in [0.1, 0.15) is 6.54 Å². The molecular weight excluding hydrogens is 210 g/mol. The van der Waals surface area contributed by atoms with E-state index in [9.17, 15) is 9.59 Å². The van der Waals surface area contributed by atoms with Crippen molar-refractivity contribution >= 4 is 11.9 Å². The largest absolute Gasteiger partial charge is 0.480 e. The average Bonchev–Trinajstić information content (AvgIpc) is 2.92. The highest BCUT2D eigenvalue weighted by Gasteiger charge is 2.36. The zero-order chi connectivity index (χ0) is 12.2. The van der Waals surface area contributed by atoms with Crippen LogP contribution >= 0.6 is 0 Å². The first kappa shape index (κ1) is 12.5. The van der Waals surface area contributed by atoms with Crippen LogP contribution in [-0.4, -0.2) is 40.6 Å². The van der Waals surface area contributed by atoms with Gasteiger partial charge in [0, 0.05) is 6.42 Å². The Kier molecular flexibility index (Phi) is 3.88. The Morgan fingerprint density at radius 2 is 2.12 bits per heavy atom. The van der Waals surface area contributed by atoms with E-state index in [1.165, 1.54) is 0 Å². The van der Waals surface area contributed by atoms with Gasteiger partial charge in [-0.2, -0.15) is 0 Å². The number of aliphatic carboxylic acids is 1. The maximum atomic E-state index is 11.7. The summed E-state index contributed by atoms with van der Waals surface area (Å²) >= 11 is 0. The average molecular weight is 225 g/mol. The van der Waals surface area contributed by atoms with Gasteiger partial charge >= 0.3 is 5.97 Å². The summed E-state index contributed by atoms with van der Waals surface area (Å²) in [5.74, 6) is 0.981. The number of carbonyl (C=O) groups excluding carboxylic acids is 1. The smallest absolute Gasteiger partial charge is 0.323 e. The quantitative estimate of drug-likeness (QED) is 0.403. The Bertz CT molecular complexity index is 331. The number of carbonyl (C=O) groups is 2. The maximum absolute atomic E-state index is 11.7. The first-order chi connectivity index (χ1) is 7.47. The van der Waals surface area contributed by atoms with E-state index in [0.717, 1.165) is 4.90 Å². The summed E-state index contributed by atoms with van der Waals surface area (Å²) < 4.78 is 0. The molecule has 0 saturated carbocycles. The van der Waals surface area contributed by atoms with Crippen LogP contribution < -0.4 is 10.9 Å². The van der Waals surface area contributed by atoms with E-state index in [4.69, 9.17) is 11.5 Å². The topological polar surface area (TPSA) is 101 Å². The standard InChI is InChI=1S/C10H15N3O3/c1-3-6-13(7-9(15)16)8(14)4-5-10(2)11-12-10/h1,11-12H,4-7H2,2H3,(H,15,16). The summed E-state index contributed by atoms with van der Waals surface area (Å²) in [7, 11) is 0. The number of carboxylic acid groups (broad SMARTS) is 1. The number of nitrogens with zero attached hydrogens (tertiary/aromatic N) is 1. The molecule has 6 nitrogen and oxygen atoms in total. The zero-order valence-corrected chi connectivity index (χ0v) is 9.12. The number of hydrogen-bond donors (Lipinski definition) is 3. The third kappa shape index (κ3) is 3.88. The normalized spacial score (nSPS) is 16.2. The lowest BCUT2D eigenvalue weighted by Crippen LogP contribution is -2.36. The van der Waals surface area contributed by atoms with Crippen LogP contribution in [0.3, 0.4) is 0 Å². The van der Waals surface area contributed by atoms with Crippen LogP contribution in [0, 0.1) is 12.3 Å². The molecule has 16 heavy (non-hydrogen) atoms. The number of terminal acetylenes is 1. The molecule has 1 fully saturated rings. The molecule has 0 spiro atoms. The summed E-state index contributed by atoms with van der Waals surface area (Å²) in [5, 5.41) is 8.61.